The van der Waals surface area contributed by atoms with E-state index in [0.29, 0.717) is 23.5 Å². The zero-order chi connectivity index (χ0) is 21.8. The molecule has 0 fully saturated rings. The van der Waals surface area contributed by atoms with E-state index in [2.05, 4.69) is 10.3 Å². The molecule has 6 heteroatoms. The number of nitrogens with one attached hydrogen (secondary N) is 1. The lowest BCUT2D eigenvalue weighted by atomic mass is 10.0. The van der Waals surface area contributed by atoms with E-state index in [-0.39, 0.29) is 24.1 Å². The van der Waals surface area contributed by atoms with Crippen molar-refractivity contribution in [3.8, 4) is 5.75 Å². The lowest BCUT2D eigenvalue weighted by Gasteiger charge is -2.15. The van der Waals surface area contributed by atoms with Crippen LogP contribution in [0.25, 0.3) is 5.57 Å². The molecule has 6 nitrogen and oxygen atoms in total. The molecule has 0 atom stereocenters. The molecule has 1 aromatic heterocycles. The van der Waals surface area contributed by atoms with Gasteiger partial charge in [-0.1, -0.05) is 24.3 Å². The molecule has 31 heavy (non-hydrogen) atoms. The number of imide groups is 1. The molecule has 0 saturated heterocycles. The third-order valence-corrected chi connectivity index (χ3v) is 5.00. The molecule has 2 aromatic carbocycles. The summed E-state index contributed by atoms with van der Waals surface area (Å²) in [5, 5.41) is 3.19. The zero-order valence-electron chi connectivity index (χ0n) is 17.5. The number of aromatic nitrogens is 1. The van der Waals surface area contributed by atoms with Gasteiger partial charge in [-0.25, -0.2) is 0 Å². The second-order valence-electron chi connectivity index (χ2n) is 7.25. The molecule has 0 saturated carbocycles. The van der Waals surface area contributed by atoms with E-state index >= 15 is 0 Å². The number of aryl methyl sites for hydroxylation is 1. The van der Waals surface area contributed by atoms with Crippen LogP contribution >= 0.6 is 0 Å². The van der Waals surface area contributed by atoms with Crippen LogP contribution in [0.3, 0.4) is 0 Å². The summed E-state index contributed by atoms with van der Waals surface area (Å²) in [6.07, 6.45) is 3.29. The van der Waals surface area contributed by atoms with Crippen LogP contribution in [0.2, 0.25) is 0 Å². The van der Waals surface area contributed by atoms with Gasteiger partial charge in [0.05, 0.1) is 18.7 Å². The first-order chi connectivity index (χ1) is 15.1. The standard InChI is InChI=1S/C25H23N3O3/c1-3-31-21-9-7-19(8-10-21)22-23(27-20-6-4-5-17(2)15-20)25(30)28(24(22)29)16-18-11-13-26-14-12-18/h4-15,27H,3,16H2,1-2H3. The van der Waals surface area contributed by atoms with Crippen molar-refractivity contribution in [3.63, 3.8) is 0 Å². The van der Waals surface area contributed by atoms with Crippen LogP contribution in [-0.2, 0) is 16.1 Å². The number of benzene rings is 2. The van der Waals surface area contributed by atoms with E-state index in [1.54, 1.807) is 48.8 Å². The van der Waals surface area contributed by atoms with Gasteiger partial charge in [0.1, 0.15) is 11.4 Å². The number of carbonyl (C=O) groups excluding carboxylic acids is 2. The average molecular weight is 413 g/mol. The highest BCUT2D eigenvalue weighted by molar-refractivity contribution is 6.36. The fourth-order valence-electron chi connectivity index (χ4n) is 3.53. The molecule has 0 aliphatic carbocycles. The maximum Gasteiger partial charge on any atom is 0.278 e. The number of hydrogen-bond acceptors (Lipinski definition) is 5. The van der Waals surface area contributed by atoms with Gasteiger partial charge >= 0.3 is 0 Å². The van der Waals surface area contributed by atoms with Gasteiger partial charge in [0.25, 0.3) is 11.8 Å². The number of carbonyl (C=O) groups is 2. The first kappa shape index (κ1) is 20.3. The third kappa shape index (κ3) is 4.33. The van der Waals surface area contributed by atoms with Crippen LogP contribution in [0.1, 0.15) is 23.6 Å². The van der Waals surface area contributed by atoms with Crippen LogP contribution in [0.15, 0.2) is 78.8 Å². The SMILES string of the molecule is CCOc1ccc(C2=C(Nc3cccc(C)c3)C(=O)N(Cc3ccncc3)C2=O)cc1. The van der Waals surface area contributed by atoms with Gasteiger partial charge in [-0.15, -0.1) is 0 Å². The van der Waals surface area contributed by atoms with E-state index in [4.69, 9.17) is 4.74 Å². The molecular weight excluding hydrogens is 390 g/mol. The van der Waals surface area contributed by atoms with Gasteiger partial charge in [0.15, 0.2) is 0 Å². The summed E-state index contributed by atoms with van der Waals surface area (Å²) in [4.78, 5) is 31.9. The molecule has 156 valence electrons. The number of amides is 2. The smallest absolute Gasteiger partial charge is 0.278 e. The molecule has 2 amide bonds. The Morgan fingerprint density at radius 1 is 0.968 bits per heavy atom. The number of nitrogens with zero attached hydrogens (tertiary/aromatic N) is 2. The van der Waals surface area contributed by atoms with Crippen LogP contribution in [-0.4, -0.2) is 28.3 Å². The Morgan fingerprint density at radius 3 is 2.39 bits per heavy atom. The number of ether oxygens (including phenoxy) is 1. The molecule has 3 aromatic rings. The lowest BCUT2D eigenvalue weighted by molar-refractivity contribution is -0.137. The van der Waals surface area contributed by atoms with Crippen LogP contribution in [0.5, 0.6) is 5.75 Å². The number of anilines is 1. The summed E-state index contributed by atoms with van der Waals surface area (Å²) in [5.41, 5.74) is 3.93. The molecular formula is C25H23N3O3. The molecule has 0 bridgehead atoms. The predicted molar refractivity (Wildman–Crippen MR) is 119 cm³/mol. The van der Waals surface area contributed by atoms with E-state index < -0.39 is 0 Å². The topological polar surface area (TPSA) is 71.5 Å². The Kier molecular flexibility index (Phi) is 5.80. The van der Waals surface area contributed by atoms with Crippen molar-refractivity contribution in [3.05, 3.63) is 95.4 Å². The molecule has 2 heterocycles. The highest BCUT2D eigenvalue weighted by Crippen LogP contribution is 2.32. The Morgan fingerprint density at radius 2 is 1.71 bits per heavy atom. The maximum atomic E-state index is 13.4. The zero-order valence-corrected chi connectivity index (χ0v) is 17.5. The molecule has 1 aliphatic rings. The molecule has 0 radical (unpaired) electrons. The predicted octanol–water partition coefficient (Wildman–Crippen LogP) is 4.18. The van der Waals surface area contributed by atoms with Crippen molar-refractivity contribution >= 4 is 23.1 Å². The van der Waals surface area contributed by atoms with E-state index in [9.17, 15) is 9.59 Å². The van der Waals surface area contributed by atoms with Crippen molar-refractivity contribution in [2.45, 2.75) is 20.4 Å². The summed E-state index contributed by atoms with van der Waals surface area (Å²) in [6, 6.07) is 18.5. The number of rotatable bonds is 7. The van der Waals surface area contributed by atoms with E-state index in [1.807, 2.05) is 38.1 Å². The summed E-state index contributed by atoms with van der Waals surface area (Å²) >= 11 is 0. The molecule has 0 spiro atoms. The number of pyridine rings is 1. The van der Waals surface area contributed by atoms with Gasteiger partial charge in [-0.2, -0.15) is 0 Å². The molecule has 1 aliphatic heterocycles. The fraction of sp³-hybridized carbons (Fsp3) is 0.160. The Balaban J connectivity index is 1.73. The van der Waals surface area contributed by atoms with Crippen molar-refractivity contribution in [2.24, 2.45) is 0 Å². The number of hydrogen-bond donors (Lipinski definition) is 1. The molecule has 1 N–H and O–H groups in total. The van der Waals surface area contributed by atoms with Gasteiger partial charge in [-0.05, 0) is 66.9 Å². The van der Waals surface area contributed by atoms with Gasteiger partial charge in [0.2, 0.25) is 0 Å². The summed E-state index contributed by atoms with van der Waals surface area (Å²) < 4.78 is 5.51. The lowest BCUT2D eigenvalue weighted by Crippen LogP contribution is -2.32. The van der Waals surface area contributed by atoms with E-state index in [0.717, 1.165) is 16.8 Å². The van der Waals surface area contributed by atoms with Crippen molar-refractivity contribution in [2.75, 3.05) is 11.9 Å². The van der Waals surface area contributed by atoms with Crippen molar-refractivity contribution in [1.82, 2.24) is 9.88 Å². The normalized spacial score (nSPS) is 13.7. The Hall–Kier alpha value is -3.93. The Labute approximate surface area is 181 Å². The summed E-state index contributed by atoms with van der Waals surface area (Å²) in [6.45, 7) is 4.62. The Bertz CT molecular complexity index is 1140. The van der Waals surface area contributed by atoms with E-state index in [1.165, 1.54) is 4.90 Å². The summed E-state index contributed by atoms with van der Waals surface area (Å²) in [5.74, 6) is 0.0267. The second-order valence-corrected chi connectivity index (χ2v) is 7.25. The first-order valence-corrected chi connectivity index (χ1v) is 10.1. The van der Waals surface area contributed by atoms with Crippen molar-refractivity contribution < 1.29 is 14.3 Å². The largest absolute Gasteiger partial charge is 0.494 e. The van der Waals surface area contributed by atoms with Crippen LogP contribution in [0, 0.1) is 6.92 Å². The minimum Gasteiger partial charge on any atom is -0.494 e. The summed E-state index contributed by atoms with van der Waals surface area (Å²) in [7, 11) is 0. The minimum atomic E-state index is -0.354. The van der Waals surface area contributed by atoms with Crippen molar-refractivity contribution in [1.29, 1.82) is 0 Å². The van der Waals surface area contributed by atoms with Gasteiger partial charge in [0, 0.05) is 18.1 Å². The third-order valence-electron chi connectivity index (χ3n) is 5.00. The maximum absolute atomic E-state index is 13.4. The molecule has 0 unspecified atom stereocenters. The van der Waals surface area contributed by atoms with Crippen LogP contribution in [0.4, 0.5) is 5.69 Å². The monoisotopic (exact) mass is 413 g/mol. The quantitative estimate of drug-likeness (QED) is 0.589. The minimum absolute atomic E-state index is 0.180. The fourth-order valence-corrected chi connectivity index (χ4v) is 3.53. The molecule has 4 rings (SSSR count). The van der Waals surface area contributed by atoms with Gasteiger partial charge in [-0.3, -0.25) is 19.5 Å². The highest BCUT2D eigenvalue weighted by atomic mass is 16.5. The first-order valence-electron chi connectivity index (χ1n) is 10.1. The van der Waals surface area contributed by atoms with Crippen LogP contribution < -0.4 is 10.1 Å². The average Bonchev–Trinajstić information content (AvgIpc) is 3.00. The van der Waals surface area contributed by atoms with Gasteiger partial charge < -0.3 is 10.1 Å². The second kappa shape index (κ2) is 8.83. The highest BCUT2D eigenvalue weighted by Gasteiger charge is 2.39.